The van der Waals surface area contributed by atoms with Crippen LogP contribution in [0.2, 0.25) is 0 Å². The highest BCUT2D eigenvalue weighted by atomic mass is 32.1. The van der Waals surface area contributed by atoms with E-state index in [1.54, 1.807) is 6.92 Å². The molecular formula is C12H17FO2S. The number of rotatable bonds is 5. The molecule has 0 radical (unpaired) electrons. The highest BCUT2D eigenvalue weighted by Crippen LogP contribution is 2.08. The van der Waals surface area contributed by atoms with Gasteiger partial charge in [0.2, 0.25) is 0 Å². The minimum atomic E-state index is -1.51. The third-order valence-corrected chi connectivity index (χ3v) is 2.07. The second-order valence-electron chi connectivity index (χ2n) is 3.24. The van der Waals surface area contributed by atoms with E-state index >= 15 is 0 Å². The number of halogens is 1. The van der Waals surface area contributed by atoms with Crippen LogP contribution in [0.4, 0.5) is 4.39 Å². The quantitative estimate of drug-likeness (QED) is 0.744. The summed E-state index contributed by atoms with van der Waals surface area (Å²) in [6.07, 6.45) is -0.769. The summed E-state index contributed by atoms with van der Waals surface area (Å²) < 4.78 is 17.8. The Bertz CT molecular complexity index is 303. The minimum Gasteiger partial charge on any atom is -0.464 e. The summed E-state index contributed by atoms with van der Waals surface area (Å²) in [5.41, 5.74) is 1.03. The number of hydrogen-bond acceptors (Lipinski definition) is 2. The molecule has 0 bridgehead atoms. The van der Waals surface area contributed by atoms with Gasteiger partial charge in [0.05, 0.1) is 6.61 Å². The average Bonchev–Trinajstić information content (AvgIpc) is 2.27. The summed E-state index contributed by atoms with van der Waals surface area (Å²) in [6.45, 7) is 1.90. The molecule has 0 spiro atoms. The maximum absolute atomic E-state index is 13.2. The van der Waals surface area contributed by atoms with E-state index in [4.69, 9.17) is 0 Å². The van der Waals surface area contributed by atoms with Crippen molar-refractivity contribution < 1.29 is 13.9 Å². The third kappa shape index (κ3) is 5.16. The fraction of sp³-hybridized carbons (Fsp3) is 0.417. The van der Waals surface area contributed by atoms with Gasteiger partial charge in [0.1, 0.15) is 0 Å². The number of carbonyl (C=O) groups excluding carboxylic acids is 1. The van der Waals surface area contributed by atoms with Crippen LogP contribution in [-0.2, 0) is 16.0 Å². The molecule has 2 nitrogen and oxygen atoms in total. The van der Waals surface area contributed by atoms with Crippen molar-refractivity contribution in [2.45, 2.75) is 25.9 Å². The van der Waals surface area contributed by atoms with Crippen LogP contribution in [0.5, 0.6) is 0 Å². The molecule has 1 unspecified atom stereocenters. The molecule has 0 aliphatic rings. The van der Waals surface area contributed by atoms with E-state index in [-0.39, 0.29) is 26.5 Å². The third-order valence-electron chi connectivity index (χ3n) is 2.07. The summed E-state index contributed by atoms with van der Waals surface area (Å²) in [5.74, 6) is -0.756. The Hall–Kier alpha value is -1.03. The van der Waals surface area contributed by atoms with Crippen LogP contribution in [0.25, 0.3) is 0 Å². The molecule has 0 aliphatic carbocycles. The van der Waals surface area contributed by atoms with Crippen molar-refractivity contribution in [2.75, 3.05) is 6.61 Å². The highest BCUT2D eigenvalue weighted by molar-refractivity contribution is 7.59. The van der Waals surface area contributed by atoms with Crippen molar-refractivity contribution >= 4 is 19.5 Å². The predicted molar refractivity (Wildman–Crippen MR) is 66.7 cm³/mol. The maximum Gasteiger partial charge on any atom is 0.340 e. The van der Waals surface area contributed by atoms with Crippen LogP contribution in [0, 0.1) is 0 Å². The smallest absolute Gasteiger partial charge is 0.340 e. The number of alkyl halides is 1. The summed E-state index contributed by atoms with van der Waals surface area (Å²) in [4.78, 5) is 11.0. The highest BCUT2D eigenvalue weighted by Gasteiger charge is 2.17. The van der Waals surface area contributed by atoms with Gasteiger partial charge in [0.15, 0.2) is 6.17 Å². The van der Waals surface area contributed by atoms with Crippen LogP contribution >= 0.6 is 13.5 Å². The number of ether oxygens (including phenoxy) is 1. The van der Waals surface area contributed by atoms with E-state index in [0.29, 0.717) is 6.42 Å². The lowest BCUT2D eigenvalue weighted by Crippen LogP contribution is -2.19. The van der Waals surface area contributed by atoms with Gasteiger partial charge in [0.25, 0.3) is 0 Å². The second-order valence-corrected chi connectivity index (χ2v) is 3.24. The van der Waals surface area contributed by atoms with Crippen molar-refractivity contribution in [3.63, 3.8) is 0 Å². The molecule has 0 aliphatic heterocycles. The van der Waals surface area contributed by atoms with E-state index in [1.165, 1.54) is 0 Å². The Morgan fingerprint density at radius 1 is 1.38 bits per heavy atom. The van der Waals surface area contributed by atoms with Crippen molar-refractivity contribution in [2.24, 2.45) is 0 Å². The van der Waals surface area contributed by atoms with Gasteiger partial charge in [-0.05, 0) is 25.3 Å². The average molecular weight is 244 g/mol. The standard InChI is InChI=1S/C12H15FO2.H2S/c1-2-15-12(14)11(13)9-8-10-6-4-3-5-7-10;/h3-7,11H,2,8-9H2,1H3;1H2. The summed E-state index contributed by atoms with van der Waals surface area (Å²) in [6, 6.07) is 9.53. The molecule has 90 valence electrons. The SMILES string of the molecule is CCOC(=O)C(F)CCc1ccccc1.S. The molecule has 0 saturated heterocycles. The molecule has 0 amide bonds. The second kappa shape index (κ2) is 8.16. The first-order valence-corrected chi connectivity index (χ1v) is 5.08. The first-order valence-electron chi connectivity index (χ1n) is 5.08. The van der Waals surface area contributed by atoms with Crippen LogP contribution in [0.1, 0.15) is 18.9 Å². The minimum absolute atomic E-state index is 0. The number of benzene rings is 1. The molecular weight excluding hydrogens is 227 g/mol. The molecule has 1 aromatic carbocycles. The molecule has 0 fully saturated rings. The predicted octanol–water partition coefficient (Wildman–Crippen LogP) is 2.63. The summed E-state index contributed by atoms with van der Waals surface area (Å²) in [5, 5.41) is 0. The lowest BCUT2D eigenvalue weighted by atomic mass is 10.1. The fourth-order valence-electron chi connectivity index (χ4n) is 1.29. The number of carbonyl (C=O) groups is 1. The molecule has 1 atom stereocenters. The van der Waals surface area contributed by atoms with Crippen LogP contribution in [-0.4, -0.2) is 18.7 Å². The van der Waals surface area contributed by atoms with Gasteiger partial charge in [-0.15, -0.1) is 0 Å². The van der Waals surface area contributed by atoms with E-state index in [2.05, 4.69) is 4.74 Å². The van der Waals surface area contributed by atoms with E-state index in [9.17, 15) is 9.18 Å². The zero-order valence-corrected chi connectivity index (χ0v) is 10.3. The molecule has 1 aromatic rings. The number of hydrogen-bond donors (Lipinski definition) is 0. The van der Waals surface area contributed by atoms with Gasteiger partial charge >= 0.3 is 5.97 Å². The van der Waals surface area contributed by atoms with Gasteiger partial charge in [-0.2, -0.15) is 13.5 Å². The van der Waals surface area contributed by atoms with Crippen LogP contribution < -0.4 is 0 Å². The Labute approximate surface area is 102 Å². The first-order chi connectivity index (χ1) is 7.24. The Kier molecular flexibility index (Phi) is 7.64. The topological polar surface area (TPSA) is 26.3 Å². The van der Waals surface area contributed by atoms with Crippen LogP contribution in [0.15, 0.2) is 30.3 Å². The van der Waals surface area contributed by atoms with Crippen LogP contribution in [0.3, 0.4) is 0 Å². The van der Waals surface area contributed by atoms with Crippen molar-refractivity contribution in [3.8, 4) is 0 Å². The number of aryl methyl sites for hydroxylation is 1. The van der Waals surface area contributed by atoms with E-state index in [1.807, 2.05) is 30.3 Å². The molecule has 0 heterocycles. The molecule has 1 rings (SSSR count). The van der Waals surface area contributed by atoms with Gasteiger partial charge in [-0.25, -0.2) is 9.18 Å². The Morgan fingerprint density at radius 2 is 2.00 bits per heavy atom. The summed E-state index contributed by atoms with van der Waals surface area (Å²) in [7, 11) is 0. The zero-order valence-electron chi connectivity index (χ0n) is 9.28. The molecule has 0 N–H and O–H groups in total. The summed E-state index contributed by atoms with van der Waals surface area (Å²) >= 11 is 0. The van der Waals surface area contributed by atoms with Crippen molar-refractivity contribution in [3.05, 3.63) is 35.9 Å². The molecule has 0 saturated carbocycles. The first kappa shape index (κ1) is 15.0. The zero-order chi connectivity index (χ0) is 11.1. The Morgan fingerprint density at radius 3 is 2.56 bits per heavy atom. The molecule has 16 heavy (non-hydrogen) atoms. The van der Waals surface area contributed by atoms with E-state index < -0.39 is 12.1 Å². The van der Waals surface area contributed by atoms with Crippen molar-refractivity contribution in [1.82, 2.24) is 0 Å². The normalized spacial score (nSPS) is 11.4. The maximum atomic E-state index is 13.2. The van der Waals surface area contributed by atoms with Gasteiger partial charge in [0, 0.05) is 0 Å². The monoisotopic (exact) mass is 244 g/mol. The van der Waals surface area contributed by atoms with Gasteiger partial charge in [-0.1, -0.05) is 30.3 Å². The number of esters is 1. The van der Waals surface area contributed by atoms with Gasteiger partial charge < -0.3 is 4.74 Å². The lowest BCUT2D eigenvalue weighted by molar-refractivity contribution is -0.149. The fourth-order valence-corrected chi connectivity index (χ4v) is 1.29. The lowest BCUT2D eigenvalue weighted by Gasteiger charge is -2.07. The molecule has 4 heteroatoms. The molecule has 0 aromatic heterocycles. The van der Waals surface area contributed by atoms with Gasteiger partial charge in [-0.3, -0.25) is 0 Å². The van der Waals surface area contributed by atoms with Crippen molar-refractivity contribution in [1.29, 1.82) is 0 Å². The van der Waals surface area contributed by atoms with E-state index in [0.717, 1.165) is 5.56 Å². The Balaban J connectivity index is 0.00000225. The largest absolute Gasteiger partial charge is 0.464 e.